The van der Waals surface area contributed by atoms with E-state index < -0.39 is 11.7 Å². The van der Waals surface area contributed by atoms with E-state index in [9.17, 15) is 9.90 Å². The minimum Gasteiger partial charge on any atom is -0.487 e. The average molecular weight is 526 g/mol. The van der Waals surface area contributed by atoms with Crippen molar-refractivity contribution in [1.82, 2.24) is 4.90 Å². The molecule has 8 heteroatoms. The summed E-state index contributed by atoms with van der Waals surface area (Å²) in [7, 11) is 0. The van der Waals surface area contributed by atoms with E-state index in [2.05, 4.69) is 20.8 Å². The van der Waals surface area contributed by atoms with Crippen LogP contribution in [-0.2, 0) is 4.74 Å². The minimum absolute atomic E-state index is 0.0231. The number of carbonyl (C=O) groups excluding carboxylic acids is 1. The molecule has 0 aromatic heterocycles. The third-order valence-corrected chi connectivity index (χ3v) is 6.06. The molecule has 1 N–H and O–H groups in total. The molecule has 2 aromatic carbocycles. The largest absolute Gasteiger partial charge is 0.487 e. The average Bonchev–Trinajstić information content (AvgIpc) is 2.71. The number of aliphatic hydroxyl groups is 1. The number of para-hydroxylation sites is 1. The van der Waals surface area contributed by atoms with Crippen LogP contribution < -0.4 is 9.64 Å². The molecule has 1 amide bonds. The molecule has 1 aliphatic rings. The first-order valence-corrected chi connectivity index (χ1v) is 11.8. The molecule has 1 heterocycles. The Morgan fingerprint density at radius 3 is 2.53 bits per heavy atom. The second-order valence-corrected chi connectivity index (χ2v) is 10.2. The molecule has 1 unspecified atom stereocenters. The lowest BCUT2D eigenvalue weighted by molar-refractivity contribution is 0.0158. The Morgan fingerprint density at radius 1 is 1.22 bits per heavy atom. The lowest BCUT2D eigenvalue weighted by Crippen LogP contribution is -2.55. The zero-order valence-corrected chi connectivity index (χ0v) is 21.2. The summed E-state index contributed by atoms with van der Waals surface area (Å²) in [6.45, 7) is 9.57. The van der Waals surface area contributed by atoms with Gasteiger partial charge in [-0.2, -0.15) is 0 Å². The number of benzene rings is 2. The summed E-state index contributed by atoms with van der Waals surface area (Å²) in [4.78, 5) is 16.5. The van der Waals surface area contributed by atoms with Gasteiger partial charge in [0.2, 0.25) is 0 Å². The summed E-state index contributed by atoms with van der Waals surface area (Å²) < 4.78 is 12.4. The third-order valence-electron chi connectivity index (χ3n) is 5.18. The molecule has 6 nitrogen and oxygen atoms in total. The SMILES string of the molecule is C[C@H]1CN(c2cccc(Br)c2OCC(O)c2ccc(Cl)cc2)CCN1C(=O)OC(C)(C)C. The number of hydrogen-bond donors (Lipinski definition) is 1. The van der Waals surface area contributed by atoms with Crippen molar-refractivity contribution in [1.29, 1.82) is 0 Å². The summed E-state index contributed by atoms with van der Waals surface area (Å²) in [5.74, 6) is 0.665. The molecule has 0 radical (unpaired) electrons. The molecule has 1 saturated heterocycles. The predicted octanol–water partition coefficient (Wildman–Crippen LogP) is 5.66. The zero-order valence-electron chi connectivity index (χ0n) is 18.8. The molecular formula is C24H30BrClN2O4. The summed E-state index contributed by atoms with van der Waals surface area (Å²) in [5.41, 5.74) is 1.13. The van der Waals surface area contributed by atoms with Crippen molar-refractivity contribution >= 4 is 39.3 Å². The maximum Gasteiger partial charge on any atom is 0.410 e. The van der Waals surface area contributed by atoms with E-state index in [1.807, 2.05) is 45.9 Å². The Kier molecular flexibility index (Phi) is 7.96. The number of piperazine rings is 1. The van der Waals surface area contributed by atoms with Gasteiger partial charge in [-0.1, -0.05) is 29.8 Å². The molecule has 2 atom stereocenters. The first-order valence-electron chi connectivity index (χ1n) is 10.6. The number of aliphatic hydroxyl groups excluding tert-OH is 1. The van der Waals surface area contributed by atoms with Crippen LogP contribution in [0.4, 0.5) is 10.5 Å². The Hall–Kier alpha value is -1.96. The topological polar surface area (TPSA) is 62.2 Å². The van der Waals surface area contributed by atoms with Crippen molar-refractivity contribution in [2.45, 2.75) is 45.4 Å². The molecule has 0 bridgehead atoms. The number of nitrogens with zero attached hydrogens (tertiary/aromatic N) is 2. The highest BCUT2D eigenvalue weighted by Gasteiger charge is 2.32. The van der Waals surface area contributed by atoms with Gasteiger partial charge < -0.3 is 24.4 Å². The van der Waals surface area contributed by atoms with Gasteiger partial charge in [0.05, 0.1) is 10.2 Å². The number of rotatable bonds is 5. The summed E-state index contributed by atoms with van der Waals surface area (Å²) >= 11 is 9.51. The van der Waals surface area contributed by atoms with Gasteiger partial charge >= 0.3 is 6.09 Å². The van der Waals surface area contributed by atoms with E-state index in [1.165, 1.54) is 0 Å². The Bertz CT molecular complexity index is 933. The van der Waals surface area contributed by atoms with E-state index in [0.717, 1.165) is 15.7 Å². The van der Waals surface area contributed by atoms with Crippen LogP contribution in [0, 0.1) is 0 Å². The first kappa shape index (κ1) is 24.7. The van der Waals surface area contributed by atoms with Crippen LogP contribution in [0.5, 0.6) is 5.75 Å². The highest BCUT2D eigenvalue weighted by atomic mass is 79.9. The Labute approximate surface area is 203 Å². The minimum atomic E-state index is -0.782. The molecule has 0 saturated carbocycles. The van der Waals surface area contributed by atoms with Crippen LogP contribution in [0.15, 0.2) is 46.9 Å². The molecule has 0 aliphatic carbocycles. The van der Waals surface area contributed by atoms with Crippen molar-refractivity contribution in [3.8, 4) is 5.75 Å². The highest BCUT2D eigenvalue weighted by Crippen LogP contribution is 2.37. The monoisotopic (exact) mass is 524 g/mol. The fourth-order valence-corrected chi connectivity index (χ4v) is 4.20. The van der Waals surface area contributed by atoms with Crippen molar-refractivity contribution in [2.75, 3.05) is 31.1 Å². The van der Waals surface area contributed by atoms with Gasteiger partial charge in [-0.05, 0) is 73.5 Å². The highest BCUT2D eigenvalue weighted by molar-refractivity contribution is 9.10. The molecule has 32 heavy (non-hydrogen) atoms. The van der Waals surface area contributed by atoms with E-state index in [4.69, 9.17) is 21.1 Å². The van der Waals surface area contributed by atoms with Gasteiger partial charge in [-0.15, -0.1) is 0 Å². The number of anilines is 1. The molecule has 3 rings (SSSR count). The summed E-state index contributed by atoms with van der Waals surface area (Å²) in [5, 5.41) is 11.2. The number of amides is 1. The standard InChI is InChI=1S/C24H30BrClN2O4/c1-16-14-27(12-13-28(16)23(30)32-24(2,3)4)20-7-5-6-19(25)22(20)31-15-21(29)17-8-10-18(26)11-9-17/h5-11,16,21,29H,12-15H2,1-4H3/t16-,21?/m0/s1. The van der Waals surface area contributed by atoms with E-state index in [1.54, 1.807) is 29.2 Å². The van der Waals surface area contributed by atoms with Gasteiger partial charge in [-0.25, -0.2) is 4.79 Å². The molecular weight excluding hydrogens is 496 g/mol. The van der Waals surface area contributed by atoms with Gasteiger partial charge in [0.15, 0.2) is 5.75 Å². The van der Waals surface area contributed by atoms with Crippen molar-refractivity contribution in [2.24, 2.45) is 0 Å². The fourth-order valence-electron chi connectivity index (χ4n) is 3.60. The normalized spacial score (nSPS) is 17.8. The molecule has 174 valence electrons. The maximum atomic E-state index is 12.5. The lowest BCUT2D eigenvalue weighted by Gasteiger charge is -2.41. The van der Waals surface area contributed by atoms with Crippen LogP contribution in [0.2, 0.25) is 5.02 Å². The van der Waals surface area contributed by atoms with Crippen LogP contribution in [0.25, 0.3) is 0 Å². The van der Waals surface area contributed by atoms with Crippen LogP contribution >= 0.6 is 27.5 Å². The number of hydrogen-bond acceptors (Lipinski definition) is 5. The van der Waals surface area contributed by atoms with Crippen LogP contribution in [0.1, 0.15) is 39.4 Å². The maximum absolute atomic E-state index is 12.5. The molecule has 2 aromatic rings. The quantitative estimate of drug-likeness (QED) is 0.546. The number of halogens is 2. The van der Waals surface area contributed by atoms with Gasteiger partial charge in [-0.3, -0.25) is 0 Å². The van der Waals surface area contributed by atoms with Crippen LogP contribution in [-0.4, -0.2) is 54.0 Å². The predicted molar refractivity (Wildman–Crippen MR) is 131 cm³/mol. The fraction of sp³-hybridized carbons (Fsp3) is 0.458. The molecule has 0 spiro atoms. The summed E-state index contributed by atoms with van der Waals surface area (Å²) in [6.07, 6.45) is -1.07. The smallest absolute Gasteiger partial charge is 0.410 e. The number of carbonyl (C=O) groups is 1. The first-order chi connectivity index (χ1) is 15.0. The van der Waals surface area contributed by atoms with Crippen LogP contribution in [0.3, 0.4) is 0 Å². The van der Waals surface area contributed by atoms with E-state index >= 15 is 0 Å². The Balaban J connectivity index is 1.69. The molecule has 1 fully saturated rings. The molecule has 1 aliphatic heterocycles. The van der Waals surface area contributed by atoms with Gasteiger partial charge in [0.25, 0.3) is 0 Å². The van der Waals surface area contributed by atoms with Gasteiger partial charge in [0, 0.05) is 30.7 Å². The second-order valence-electron chi connectivity index (χ2n) is 8.94. The second kappa shape index (κ2) is 10.3. The van der Waals surface area contributed by atoms with Crippen molar-refractivity contribution < 1.29 is 19.4 Å². The lowest BCUT2D eigenvalue weighted by atomic mass is 10.1. The van der Waals surface area contributed by atoms with Gasteiger partial charge in [0.1, 0.15) is 18.3 Å². The number of ether oxygens (including phenoxy) is 2. The Morgan fingerprint density at radius 2 is 1.91 bits per heavy atom. The van der Waals surface area contributed by atoms with Crippen molar-refractivity contribution in [3.63, 3.8) is 0 Å². The van der Waals surface area contributed by atoms with E-state index in [0.29, 0.717) is 30.4 Å². The van der Waals surface area contributed by atoms with Crippen molar-refractivity contribution in [3.05, 3.63) is 57.5 Å². The third kappa shape index (κ3) is 6.30. The summed E-state index contributed by atoms with van der Waals surface area (Å²) in [6, 6.07) is 12.9. The zero-order chi connectivity index (χ0) is 23.5. The van der Waals surface area contributed by atoms with E-state index in [-0.39, 0.29) is 18.7 Å².